The highest BCUT2D eigenvalue weighted by atomic mass is 35.5. The van der Waals surface area contributed by atoms with Crippen molar-refractivity contribution >= 4 is 40.8 Å². The van der Waals surface area contributed by atoms with E-state index in [2.05, 4.69) is 5.32 Å². The fraction of sp³-hybridized carbons (Fsp3) is 0.176. The minimum absolute atomic E-state index is 0.127. The van der Waals surface area contributed by atoms with E-state index in [-0.39, 0.29) is 6.42 Å². The molecule has 24 heavy (non-hydrogen) atoms. The average Bonchev–Trinajstić information content (AvgIpc) is 2.45. The minimum Gasteiger partial charge on any atom is -0.452 e. The van der Waals surface area contributed by atoms with Crippen molar-refractivity contribution in [3.8, 4) is 0 Å². The summed E-state index contributed by atoms with van der Waals surface area (Å²) in [5.74, 6) is -1.60. The highest BCUT2D eigenvalue weighted by Crippen LogP contribution is 2.22. The van der Waals surface area contributed by atoms with Crippen molar-refractivity contribution < 1.29 is 18.7 Å². The highest BCUT2D eigenvalue weighted by molar-refractivity contribution is 6.35. The quantitative estimate of drug-likeness (QED) is 0.801. The lowest BCUT2D eigenvalue weighted by Gasteiger charge is -2.14. The van der Waals surface area contributed by atoms with Gasteiger partial charge in [0.25, 0.3) is 5.91 Å². The van der Waals surface area contributed by atoms with Crippen molar-refractivity contribution in [1.29, 1.82) is 0 Å². The number of hydrogen-bond acceptors (Lipinski definition) is 3. The zero-order chi connectivity index (χ0) is 17.7. The predicted octanol–water partition coefficient (Wildman–Crippen LogP) is 4.25. The Bertz CT molecular complexity index is 747. The summed E-state index contributed by atoms with van der Waals surface area (Å²) in [7, 11) is 0. The molecule has 0 spiro atoms. The molecule has 2 aromatic rings. The monoisotopic (exact) mass is 369 g/mol. The Balaban J connectivity index is 1.92. The van der Waals surface area contributed by atoms with Crippen LogP contribution in [-0.2, 0) is 20.7 Å². The molecule has 2 rings (SSSR count). The van der Waals surface area contributed by atoms with Crippen molar-refractivity contribution in [1.82, 2.24) is 0 Å². The van der Waals surface area contributed by atoms with Gasteiger partial charge < -0.3 is 10.1 Å². The lowest BCUT2D eigenvalue weighted by Crippen LogP contribution is -2.30. The number of esters is 1. The number of halogens is 3. The van der Waals surface area contributed by atoms with E-state index in [4.69, 9.17) is 27.9 Å². The Kier molecular flexibility index (Phi) is 6.17. The molecule has 0 aromatic heterocycles. The van der Waals surface area contributed by atoms with Gasteiger partial charge >= 0.3 is 5.97 Å². The van der Waals surface area contributed by atoms with Crippen LogP contribution in [0.15, 0.2) is 42.5 Å². The minimum atomic E-state index is -1.02. The molecule has 0 aliphatic heterocycles. The average molecular weight is 370 g/mol. The molecule has 1 amide bonds. The number of carbonyl (C=O) groups excluding carboxylic acids is 2. The zero-order valence-electron chi connectivity index (χ0n) is 12.7. The van der Waals surface area contributed by atoms with Gasteiger partial charge in [-0.05, 0) is 42.8 Å². The third-order valence-corrected chi connectivity index (χ3v) is 3.48. The Labute approximate surface area is 148 Å². The summed E-state index contributed by atoms with van der Waals surface area (Å²) in [5, 5.41) is 3.29. The van der Waals surface area contributed by atoms with Crippen LogP contribution < -0.4 is 5.32 Å². The fourth-order valence-electron chi connectivity index (χ4n) is 1.98. The van der Waals surface area contributed by atoms with E-state index in [1.165, 1.54) is 43.3 Å². The first-order valence-electron chi connectivity index (χ1n) is 7.04. The second kappa shape index (κ2) is 8.13. The van der Waals surface area contributed by atoms with Crippen molar-refractivity contribution in [2.45, 2.75) is 19.4 Å². The smallest absolute Gasteiger partial charge is 0.311 e. The zero-order valence-corrected chi connectivity index (χ0v) is 14.2. The third-order valence-electron chi connectivity index (χ3n) is 3.05. The molecule has 126 valence electrons. The van der Waals surface area contributed by atoms with Crippen LogP contribution in [-0.4, -0.2) is 18.0 Å². The van der Waals surface area contributed by atoms with E-state index in [0.717, 1.165) is 0 Å². The van der Waals surface area contributed by atoms with Crippen molar-refractivity contribution in [3.63, 3.8) is 0 Å². The van der Waals surface area contributed by atoms with Gasteiger partial charge in [0.1, 0.15) is 5.82 Å². The number of nitrogens with one attached hydrogen (secondary N) is 1. The molecule has 0 saturated carbocycles. The predicted molar refractivity (Wildman–Crippen MR) is 90.7 cm³/mol. The number of ether oxygens (including phenoxy) is 1. The standard InChI is InChI=1S/C17H14Cl2FNO3/c1-10(17(23)21-15-8-12(18)7-13(19)9-15)24-16(22)6-11-3-2-4-14(20)5-11/h2-5,7-10H,6H2,1H3,(H,21,23)/t10-/m1/s1. The molecular formula is C17H14Cl2FNO3. The van der Waals surface area contributed by atoms with E-state index in [1.54, 1.807) is 6.07 Å². The van der Waals surface area contributed by atoms with Gasteiger partial charge in [-0.15, -0.1) is 0 Å². The van der Waals surface area contributed by atoms with Gasteiger partial charge in [0, 0.05) is 15.7 Å². The molecule has 1 N–H and O–H groups in total. The van der Waals surface area contributed by atoms with Gasteiger partial charge in [-0.1, -0.05) is 35.3 Å². The summed E-state index contributed by atoms with van der Waals surface area (Å²) in [6.07, 6.45) is -1.15. The van der Waals surface area contributed by atoms with Crippen LogP contribution in [0.3, 0.4) is 0 Å². The molecule has 0 aliphatic carbocycles. The van der Waals surface area contributed by atoms with Crippen LogP contribution in [0.25, 0.3) is 0 Å². The SMILES string of the molecule is C[C@@H](OC(=O)Cc1cccc(F)c1)C(=O)Nc1cc(Cl)cc(Cl)c1. The summed E-state index contributed by atoms with van der Waals surface area (Å²) in [5.41, 5.74) is 0.861. The fourth-order valence-corrected chi connectivity index (χ4v) is 2.50. The number of benzene rings is 2. The van der Waals surface area contributed by atoms with Gasteiger partial charge in [0.05, 0.1) is 6.42 Å². The first-order chi connectivity index (χ1) is 11.3. The largest absolute Gasteiger partial charge is 0.452 e. The summed E-state index contributed by atoms with van der Waals surface area (Å²) < 4.78 is 18.1. The van der Waals surface area contributed by atoms with Crippen LogP contribution >= 0.6 is 23.2 Å². The molecule has 0 bridgehead atoms. The van der Waals surface area contributed by atoms with E-state index in [9.17, 15) is 14.0 Å². The normalized spacial score (nSPS) is 11.7. The van der Waals surface area contributed by atoms with Crippen LogP contribution in [0.2, 0.25) is 10.0 Å². The van der Waals surface area contributed by atoms with Crippen molar-refractivity contribution in [3.05, 3.63) is 63.9 Å². The molecule has 7 heteroatoms. The maximum absolute atomic E-state index is 13.1. The van der Waals surface area contributed by atoms with E-state index >= 15 is 0 Å². The van der Waals surface area contributed by atoms with Gasteiger partial charge in [-0.3, -0.25) is 9.59 Å². The van der Waals surface area contributed by atoms with E-state index < -0.39 is 23.8 Å². The first-order valence-corrected chi connectivity index (χ1v) is 7.80. The van der Waals surface area contributed by atoms with Crippen molar-refractivity contribution in [2.75, 3.05) is 5.32 Å². The highest BCUT2D eigenvalue weighted by Gasteiger charge is 2.18. The molecule has 0 heterocycles. The van der Waals surface area contributed by atoms with Gasteiger partial charge in [0.2, 0.25) is 0 Å². The number of amides is 1. The topological polar surface area (TPSA) is 55.4 Å². The van der Waals surface area contributed by atoms with Crippen LogP contribution in [0.5, 0.6) is 0 Å². The summed E-state index contributed by atoms with van der Waals surface area (Å²) in [6, 6.07) is 10.2. The maximum atomic E-state index is 13.1. The lowest BCUT2D eigenvalue weighted by atomic mass is 10.1. The van der Waals surface area contributed by atoms with Crippen LogP contribution in [0, 0.1) is 5.82 Å². The van der Waals surface area contributed by atoms with Crippen LogP contribution in [0.1, 0.15) is 12.5 Å². The van der Waals surface area contributed by atoms with Gasteiger partial charge in [-0.2, -0.15) is 0 Å². The molecular weight excluding hydrogens is 356 g/mol. The molecule has 0 saturated heterocycles. The molecule has 4 nitrogen and oxygen atoms in total. The van der Waals surface area contributed by atoms with E-state index in [0.29, 0.717) is 21.3 Å². The number of rotatable bonds is 5. The first kappa shape index (κ1) is 18.2. The molecule has 2 aromatic carbocycles. The molecule has 0 unspecified atom stereocenters. The Morgan fingerprint density at radius 3 is 2.46 bits per heavy atom. The van der Waals surface area contributed by atoms with Gasteiger partial charge in [0.15, 0.2) is 6.10 Å². The lowest BCUT2D eigenvalue weighted by molar-refractivity contribution is -0.152. The summed E-state index contributed by atoms with van der Waals surface area (Å²) >= 11 is 11.7. The number of anilines is 1. The second-order valence-corrected chi connectivity index (χ2v) is 5.96. The molecule has 1 atom stereocenters. The Morgan fingerprint density at radius 2 is 1.83 bits per heavy atom. The summed E-state index contributed by atoms with van der Waals surface area (Å²) in [4.78, 5) is 23.9. The molecule has 0 aliphatic rings. The number of carbonyl (C=O) groups is 2. The van der Waals surface area contributed by atoms with Crippen molar-refractivity contribution in [2.24, 2.45) is 0 Å². The van der Waals surface area contributed by atoms with Gasteiger partial charge in [-0.25, -0.2) is 4.39 Å². The molecule has 0 radical (unpaired) electrons. The van der Waals surface area contributed by atoms with E-state index in [1.807, 2.05) is 0 Å². The maximum Gasteiger partial charge on any atom is 0.311 e. The van der Waals surface area contributed by atoms with Crippen LogP contribution in [0.4, 0.5) is 10.1 Å². The number of hydrogen-bond donors (Lipinski definition) is 1. The second-order valence-electron chi connectivity index (χ2n) is 5.09. The Morgan fingerprint density at radius 1 is 1.17 bits per heavy atom. The Hall–Kier alpha value is -2.11. The third kappa shape index (κ3) is 5.51. The summed E-state index contributed by atoms with van der Waals surface area (Å²) in [6.45, 7) is 1.44. The molecule has 0 fully saturated rings.